The van der Waals surface area contributed by atoms with Gasteiger partial charge in [-0.3, -0.25) is 13.9 Å². The van der Waals surface area contributed by atoms with E-state index in [0.717, 1.165) is 15.4 Å². The largest absolute Gasteiger partial charge is 0.495 e. The van der Waals surface area contributed by atoms with E-state index in [1.165, 1.54) is 30.2 Å². The molecule has 0 fully saturated rings. The maximum absolute atomic E-state index is 14.2. The van der Waals surface area contributed by atoms with Crippen molar-refractivity contribution in [2.45, 2.75) is 51.6 Å². The highest BCUT2D eigenvalue weighted by Crippen LogP contribution is 2.35. The van der Waals surface area contributed by atoms with Gasteiger partial charge in [-0.1, -0.05) is 74.8 Å². The van der Waals surface area contributed by atoms with Crippen molar-refractivity contribution in [2.24, 2.45) is 5.92 Å². The minimum atomic E-state index is -4.24. The third-order valence-electron chi connectivity index (χ3n) is 6.69. The highest BCUT2D eigenvalue weighted by atomic mass is 35.5. The molecule has 1 atom stereocenters. The van der Waals surface area contributed by atoms with E-state index >= 15 is 0 Å². The number of aryl methyl sites for hydroxylation is 1. The van der Waals surface area contributed by atoms with Crippen LogP contribution in [0.3, 0.4) is 0 Å². The molecule has 0 saturated heterocycles. The van der Waals surface area contributed by atoms with Gasteiger partial charge in [-0.25, -0.2) is 8.42 Å². The molecule has 8 nitrogen and oxygen atoms in total. The van der Waals surface area contributed by atoms with Crippen LogP contribution in [0.2, 0.25) is 5.02 Å². The first-order chi connectivity index (χ1) is 19.5. The summed E-state index contributed by atoms with van der Waals surface area (Å²) < 4.78 is 34.5. The first kappa shape index (κ1) is 32.0. The van der Waals surface area contributed by atoms with Gasteiger partial charge in [0.1, 0.15) is 18.3 Å². The maximum atomic E-state index is 14.2. The molecule has 1 unspecified atom stereocenters. The minimum absolute atomic E-state index is 0.00185. The molecule has 3 aromatic carbocycles. The number of rotatable bonds is 13. The van der Waals surface area contributed by atoms with Crippen LogP contribution in [0, 0.1) is 12.8 Å². The van der Waals surface area contributed by atoms with E-state index in [4.69, 9.17) is 16.3 Å². The number of amides is 2. The molecule has 220 valence electrons. The van der Waals surface area contributed by atoms with Crippen LogP contribution in [0.25, 0.3) is 0 Å². The van der Waals surface area contributed by atoms with Crippen LogP contribution in [-0.4, -0.2) is 51.4 Å². The summed E-state index contributed by atoms with van der Waals surface area (Å²) in [7, 11) is -2.83. The number of hydrogen-bond donors (Lipinski definition) is 1. The second-order valence-corrected chi connectivity index (χ2v) is 12.5. The van der Waals surface area contributed by atoms with Gasteiger partial charge in [-0.05, 0) is 60.7 Å². The van der Waals surface area contributed by atoms with Crippen molar-refractivity contribution in [3.63, 3.8) is 0 Å². The molecule has 0 aromatic heterocycles. The van der Waals surface area contributed by atoms with Crippen LogP contribution in [0.1, 0.15) is 38.3 Å². The lowest BCUT2D eigenvalue weighted by Crippen LogP contribution is -2.52. The summed E-state index contributed by atoms with van der Waals surface area (Å²) >= 11 is 6.29. The number of ether oxygens (including phenoxy) is 1. The molecule has 2 amide bonds. The number of hydrogen-bond acceptors (Lipinski definition) is 5. The Bertz CT molecular complexity index is 1450. The lowest BCUT2D eigenvalue weighted by atomic mass is 10.1. The fourth-order valence-corrected chi connectivity index (χ4v) is 6.01. The Morgan fingerprint density at radius 1 is 1.00 bits per heavy atom. The Kier molecular flexibility index (Phi) is 11.2. The van der Waals surface area contributed by atoms with Crippen molar-refractivity contribution >= 4 is 39.1 Å². The zero-order valence-corrected chi connectivity index (χ0v) is 25.7. The predicted octanol–water partition coefficient (Wildman–Crippen LogP) is 5.43. The molecule has 0 saturated carbocycles. The predicted molar refractivity (Wildman–Crippen MR) is 163 cm³/mol. The van der Waals surface area contributed by atoms with Gasteiger partial charge in [0.05, 0.1) is 17.7 Å². The summed E-state index contributed by atoms with van der Waals surface area (Å²) in [5, 5.41) is 3.21. The van der Waals surface area contributed by atoms with Crippen molar-refractivity contribution in [1.29, 1.82) is 0 Å². The number of methoxy groups -OCH3 is 1. The topological polar surface area (TPSA) is 96.0 Å². The molecular formula is C31H38ClN3O5S. The van der Waals surface area contributed by atoms with Crippen molar-refractivity contribution in [1.82, 2.24) is 10.2 Å². The van der Waals surface area contributed by atoms with E-state index < -0.39 is 28.5 Å². The third-order valence-corrected chi connectivity index (χ3v) is 8.70. The molecule has 3 rings (SSSR count). The van der Waals surface area contributed by atoms with E-state index in [1.807, 2.05) is 52.0 Å². The maximum Gasteiger partial charge on any atom is 0.264 e. The van der Waals surface area contributed by atoms with Crippen molar-refractivity contribution in [2.75, 3.05) is 24.5 Å². The number of sulfonamides is 1. The molecule has 1 N–H and O–H groups in total. The van der Waals surface area contributed by atoms with E-state index in [-0.39, 0.29) is 39.7 Å². The second kappa shape index (κ2) is 14.4. The summed E-state index contributed by atoms with van der Waals surface area (Å²) in [5.41, 5.74) is 1.92. The quantitative estimate of drug-likeness (QED) is 0.283. The Balaban J connectivity index is 2.11. The number of nitrogens with one attached hydrogen (secondary N) is 1. The van der Waals surface area contributed by atoms with Crippen molar-refractivity contribution < 1.29 is 22.7 Å². The van der Waals surface area contributed by atoms with Gasteiger partial charge in [0, 0.05) is 18.1 Å². The second-order valence-electron chi connectivity index (χ2n) is 10.2. The van der Waals surface area contributed by atoms with Crippen LogP contribution >= 0.6 is 11.6 Å². The zero-order valence-electron chi connectivity index (χ0n) is 24.1. The first-order valence-corrected chi connectivity index (χ1v) is 15.3. The SMILES string of the molecule is CCC(C(=O)NCC(C)C)N(Cc1ccccc1C)C(=O)CN(c1cc(Cl)ccc1OC)S(=O)(=O)c1ccccc1. The van der Waals surface area contributed by atoms with Gasteiger partial charge in [-0.15, -0.1) is 0 Å². The van der Waals surface area contributed by atoms with E-state index in [2.05, 4.69) is 5.32 Å². The fourth-order valence-electron chi connectivity index (χ4n) is 4.40. The molecular weight excluding hydrogens is 562 g/mol. The van der Waals surface area contributed by atoms with E-state index in [9.17, 15) is 18.0 Å². The Morgan fingerprint density at radius 2 is 1.66 bits per heavy atom. The van der Waals surface area contributed by atoms with Crippen molar-refractivity contribution in [3.05, 3.63) is 88.9 Å². The molecule has 10 heteroatoms. The Hall–Kier alpha value is -3.56. The fraction of sp³-hybridized carbons (Fsp3) is 0.355. The van der Waals surface area contributed by atoms with Crippen LogP contribution in [-0.2, 0) is 26.2 Å². The number of carbonyl (C=O) groups excluding carboxylic acids is 2. The van der Waals surface area contributed by atoms with Gasteiger partial charge in [0.2, 0.25) is 11.8 Å². The zero-order chi connectivity index (χ0) is 30.2. The lowest BCUT2D eigenvalue weighted by molar-refractivity contribution is -0.140. The van der Waals surface area contributed by atoms with E-state index in [1.54, 1.807) is 30.3 Å². The first-order valence-electron chi connectivity index (χ1n) is 13.5. The van der Waals surface area contributed by atoms with Crippen LogP contribution in [0.4, 0.5) is 5.69 Å². The average molecular weight is 600 g/mol. The number of benzene rings is 3. The number of carbonyl (C=O) groups is 2. The summed E-state index contributed by atoms with van der Waals surface area (Å²) in [6.45, 7) is 7.75. The number of nitrogens with zero attached hydrogens (tertiary/aromatic N) is 2. The molecule has 0 aliphatic heterocycles. The van der Waals surface area contributed by atoms with Gasteiger partial charge < -0.3 is 15.0 Å². The normalized spacial score (nSPS) is 12.1. The highest BCUT2D eigenvalue weighted by Gasteiger charge is 2.35. The van der Waals surface area contributed by atoms with Crippen molar-refractivity contribution in [3.8, 4) is 5.75 Å². The molecule has 0 aliphatic carbocycles. The van der Waals surface area contributed by atoms with Crippen LogP contribution in [0.5, 0.6) is 5.75 Å². The molecule has 41 heavy (non-hydrogen) atoms. The Labute approximate surface area is 248 Å². The summed E-state index contributed by atoms with van der Waals surface area (Å²) in [6.07, 6.45) is 0.341. The molecule has 3 aromatic rings. The van der Waals surface area contributed by atoms with Gasteiger partial charge >= 0.3 is 0 Å². The van der Waals surface area contributed by atoms with Crippen LogP contribution in [0.15, 0.2) is 77.7 Å². The number of halogens is 1. The molecule has 0 spiro atoms. The highest BCUT2D eigenvalue weighted by molar-refractivity contribution is 7.92. The average Bonchev–Trinajstić information content (AvgIpc) is 2.95. The van der Waals surface area contributed by atoms with Gasteiger partial charge in [-0.2, -0.15) is 0 Å². The molecule has 0 aliphatic rings. The lowest BCUT2D eigenvalue weighted by Gasteiger charge is -2.34. The molecule has 0 radical (unpaired) electrons. The van der Waals surface area contributed by atoms with E-state index in [0.29, 0.717) is 13.0 Å². The number of anilines is 1. The summed E-state index contributed by atoms with van der Waals surface area (Å²) in [5.74, 6) is -0.380. The van der Waals surface area contributed by atoms with Gasteiger partial charge in [0.25, 0.3) is 10.0 Å². The standard InChI is InChI=1S/C31H38ClN3O5S/c1-6-27(31(37)33-19-22(2)3)34(20-24-13-11-10-12-23(24)4)30(36)21-35(28-18-25(32)16-17-29(28)40-5)41(38,39)26-14-8-7-9-15-26/h7-18,22,27H,6,19-21H2,1-5H3,(H,33,37). The van der Waals surface area contributed by atoms with Gasteiger partial charge in [0.15, 0.2) is 0 Å². The minimum Gasteiger partial charge on any atom is -0.495 e. The molecule has 0 bridgehead atoms. The summed E-state index contributed by atoms with van der Waals surface area (Å²) in [6, 6.07) is 19.2. The smallest absolute Gasteiger partial charge is 0.264 e. The Morgan fingerprint density at radius 3 is 2.27 bits per heavy atom. The van der Waals surface area contributed by atoms with Crippen LogP contribution < -0.4 is 14.4 Å². The third kappa shape index (κ3) is 8.01. The molecule has 0 heterocycles. The monoisotopic (exact) mass is 599 g/mol. The summed E-state index contributed by atoms with van der Waals surface area (Å²) in [4.78, 5) is 29.0.